The Balaban J connectivity index is 0.000000761. The van der Waals surface area contributed by atoms with Crippen LogP contribution in [0, 0.1) is 23.7 Å². The van der Waals surface area contributed by atoms with Crippen LogP contribution in [0.2, 0.25) is 0 Å². The second-order valence-electron chi connectivity index (χ2n) is 21.0. The topological polar surface area (TPSA) is 199 Å². The summed E-state index contributed by atoms with van der Waals surface area (Å²) in [5.41, 5.74) is 0.511. The highest BCUT2D eigenvalue weighted by molar-refractivity contribution is 5.87. The van der Waals surface area contributed by atoms with Crippen LogP contribution in [-0.2, 0) is 52.2 Å². The third-order valence-electron chi connectivity index (χ3n) is 15.9. The van der Waals surface area contributed by atoms with Crippen molar-refractivity contribution in [1.82, 2.24) is 5.32 Å². The molecule has 0 unspecified atom stereocenters. The van der Waals surface area contributed by atoms with Crippen molar-refractivity contribution in [2.75, 3.05) is 27.9 Å². The zero-order valence-corrected chi connectivity index (χ0v) is 44.0. The van der Waals surface area contributed by atoms with Crippen molar-refractivity contribution < 1.29 is 72.3 Å². The number of aliphatic hydroxyl groups excluding tert-OH is 1. The van der Waals surface area contributed by atoms with Gasteiger partial charge in [0.15, 0.2) is 18.4 Å². The largest absolute Gasteiger partial charge is 0.478 e. The Kier molecular flexibility index (Phi) is 19.0. The van der Waals surface area contributed by atoms with Crippen molar-refractivity contribution in [2.45, 2.75) is 191 Å². The number of esters is 1. The minimum Gasteiger partial charge on any atom is -0.478 e. The number of ether oxygens (including phenoxy) is 10. The number of aliphatic hydroxyl groups is 2. The van der Waals surface area contributed by atoms with E-state index < -0.39 is 72.3 Å². The highest BCUT2D eigenvalue weighted by atomic mass is 16.7. The van der Waals surface area contributed by atoms with Crippen LogP contribution in [0.4, 0.5) is 0 Å². The number of carboxylic acids is 1. The maximum atomic E-state index is 14.4. The first kappa shape index (κ1) is 56.1. The predicted octanol–water partition coefficient (Wildman–Crippen LogP) is 6.99. The summed E-state index contributed by atoms with van der Waals surface area (Å²) in [5, 5.41) is 35.4. The van der Waals surface area contributed by atoms with Crippen molar-refractivity contribution in [2.24, 2.45) is 23.7 Å². The lowest BCUT2D eigenvalue weighted by Gasteiger charge is -2.48. The number of likely N-dealkylation sites (N-methyl/N-ethyl adjacent to an activating group) is 1. The van der Waals surface area contributed by atoms with Crippen LogP contribution in [0.1, 0.15) is 104 Å². The Morgan fingerprint density at radius 3 is 2.26 bits per heavy atom. The Labute approximate surface area is 426 Å². The second kappa shape index (κ2) is 24.4. The molecule has 2 bridgehead atoms. The maximum Gasteiger partial charge on any atom is 0.335 e. The summed E-state index contributed by atoms with van der Waals surface area (Å²) < 4.78 is 64.6. The fraction of sp³-hybridized carbons (Fsp3) is 0.679. The number of rotatable bonds is 10. The minimum atomic E-state index is -1.83. The highest BCUT2D eigenvalue weighted by Gasteiger charge is 2.60. The molecule has 0 saturated carbocycles. The molecule has 1 aromatic rings. The van der Waals surface area contributed by atoms with E-state index in [0.29, 0.717) is 48.8 Å². The van der Waals surface area contributed by atoms with Gasteiger partial charge < -0.3 is 68.0 Å². The average molecular weight is 1010 g/mol. The van der Waals surface area contributed by atoms with Gasteiger partial charge in [-0.3, -0.25) is 4.79 Å². The summed E-state index contributed by atoms with van der Waals surface area (Å²) in [6.07, 6.45) is 10.7. The number of carboxylic acid groups (broad SMARTS) is 1. The Morgan fingerprint density at radius 2 is 1.60 bits per heavy atom. The monoisotopic (exact) mass is 1010 g/mol. The van der Waals surface area contributed by atoms with Crippen molar-refractivity contribution in [3.05, 3.63) is 95.1 Å². The normalized spacial score (nSPS) is 43.6. The third-order valence-corrected chi connectivity index (χ3v) is 15.9. The molecule has 16 heteroatoms. The number of carbonyl (C=O) groups excluding carboxylic acids is 1. The quantitative estimate of drug-likeness (QED) is 0.138. The average Bonchev–Trinajstić information content (AvgIpc) is 3.70. The number of nitrogens with one attached hydrogen (secondary N) is 1. The van der Waals surface area contributed by atoms with Gasteiger partial charge in [0.2, 0.25) is 0 Å². The van der Waals surface area contributed by atoms with Crippen LogP contribution in [0.25, 0.3) is 0 Å². The minimum absolute atomic E-state index is 0.0411. The van der Waals surface area contributed by atoms with Gasteiger partial charge in [-0.2, -0.15) is 0 Å². The Bertz CT molecular complexity index is 2140. The third kappa shape index (κ3) is 12.4. The SMILES string of the molecule is CC[C@H](C)[C@H]1O[C@]2(C=C[C@@H]1C)C[C@@H]1C[C@@H](C/C=C(\C)[C@@H](O[C@H]3C[C@H](OC)[C@@H](O[C@H]4C[C@@H](OC)[C@H](NC)[C@@H](C)O4)[C@H](C)O3)[C@@H](C)/C=C/C=C3\CO[C@@H]4[C@H](O)C(C)=C[C@@H](C(=O)O1)[C@]34O)O2.O=C(O)c1ccccc1. The van der Waals surface area contributed by atoms with E-state index in [4.69, 9.17) is 52.5 Å². The summed E-state index contributed by atoms with van der Waals surface area (Å²) >= 11 is 0. The molecule has 0 aromatic heterocycles. The number of fused-ring (bicyclic) bond motifs is 2. The van der Waals surface area contributed by atoms with E-state index >= 15 is 0 Å². The van der Waals surface area contributed by atoms with E-state index in [2.05, 4.69) is 52.1 Å². The van der Waals surface area contributed by atoms with Crippen LogP contribution < -0.4 is 5.32 Å². The number of benzene rings is 1. The van der Waals surface area contributed by atoms with E-state index in [1.807, 2.05) is 39.1 Å². The fourth-order valence-electron chi connectivity index (χ4n) is 11.6. The molecule has 1 aromatic carbocycles. The maximum absolute atomic E-state index is 14.4. The summed E-state index contributed by atoms with van der Waals surface area (Å²) in [5.74, 6) is -3.39. The molecule has 16 nitrogen and oxygen atoms in total. The molecule has 1 aliphatic carbocycles. The first-order valence-corrected chi connectivity index (χ1v) is 26.0. The van der Waals surface area contributed by atoms with E-state index in [0.717, 1.165) is 12.0 Å². The predicted molar refractivity (Wildman–Crippen MR) is 268 cm³/mol. The van der Waals surface area contributed by atoms with Crippen LogP contribution in [0.15, 0.2) is 89.6 Å². The molecule has 72 heavy (non-hydrogen) atoms. The number of hydrogen-bond donors (Lipinski definition) is 4. The van der Waals surface area contributed by atoms with Gasteiger partial charge in [-0.05, 0) is 82.0 Å². The Hall–Kier alpha value is -3.62. The van der Waals surface area contributed by atoms with E-state index in [1.54, 1.807) is 63.6 Å². The van der Waals surface area contributed by atoms with Gasteiger partial charge in [0.25, 0.3) is 0 Å². The standard InChI is InChI=1S/C49H75NO13.C7H6O2/c1-12-26(2)44-29(5)18-19-48(63-44)24-35-21-34(62-48)17-16-28(4)43(27(3)14-13-15-33-25-56-46-42(51)30(6)20-36(47(52)59-35)49(33,46)53)60-40-23-38(55-11)45(32(8)58-40)61-39-22-37(54-10)41(50-9)31(7)57-39;8-7(9)6-4-2-1-3-5-6/h13-16,18-20,26-27,29,31-32,34-46,50-51,53H,12,17,21-25H2,1-11H3;1-5H,(H,8,9)/b14-13+,28-16+,33-15+;/t26-,27-,29-,31+,32-,34+,35-,36-,37+,38-,39-,40-,41+,42+,43-,44+,45-,46+,48+,49+;/m0./s1. The lowest BCUT2D eigenvalue weighted by atomic mass is 9.71. The molecule has 6 heterocycles. The lowest BCUT2D eigenvalue weighted by Crippen LogP contribution is -2.58. The van der Waals surface area contributed by atoms with Gasteiger partial charge >= 0.3 is 11.9 Å². The molecule has 6 aliphatic heterocycles. The molecule has 4 fully saturated rings. The molecule has 8 rings (SSSR count). The first-order valence-electron chi connectivity index (χ1n) is 26.0. The molecule has 0 radical (unpaired) electrons. The molecular formula is C56H81NO15. The Morgan fingerprint density at radius 1 is 0.903 bits per heavy atom. The highest BCUT2D eigenvalue weighted by Crippen LogP contribution is 2.47. The van der Waals surface area contributed by atoms with Crippen molar-refractivity contribution in [3.63, 3.8) is 0 Å². The van der Waals surface area contributed by atoms with Gasteiger partial charge in [0, 0.05) is 51.7 Å². The van der Waals surface area contributed by atoms with Crippen molar-refractivity contribution in [1.29, 1.82) is 0 Å². The van der Waals surface area contributed by atoms with E-state index in [9.17, 15) is 19.8 Å². The summed E-state index contributed by atoms with van der Waals surface area (Å²) in [4.78, 5) is 24.6. The van der Waals surface area contributed by atoms with Gasteiger partial charge in [-0.15, -0.1) is 0 Å². The summed E-state index contributed by atoms with van der Waals surface area (Å²) in [7, 11) is 5.30. The fourth-order valence-corrected chi connectivity index (χ4v) is 11.6. The first-order chi connectivity index (χ1) is 34.3. The van der Waals surface area contributed by atoms with Gasteiger partial charge in [-0.25, -0.2) is 4.79 Å². The number of methoxy groups -OCH3 is 2. The van der Waals surface area contributed by atoms with Crippen molar-refractivity contribution in [3.8, 4) is 0 Å². The number of carbonyl (C=O) groups is 2. The van der Waals surface area contributed by atoms with E-state index in [1.165, 1.54) is 0 Å². The van der Waals surface area contributed by atoms with Gasteiger partial charge in [0.1, 0.15) is 35.9 Å². The molecule has 0 amide bonds. The van der Waals surface area contributed by atoms with E-state index in [-0.39, 0.29) is 67.0 Å². The van der Waals surface area contributed by atoms with Crippen LogP contribution in [-0.4, -0.2) is 152 Å². The number of hydrogen-bond acceptors (Lipinski definition) is 15. The molecule has 400 valence electrons. The van der Waals surface area contributed by atoms with Crippen LogP contribution in [0.5, 0.6) is 0 Å². The molecule has 4 saturated heterocycles. The molecule has 4 N–H and O–H groups in total. The van der Waals surface area contributed by atoms with Crippen LogP contribution in [0.3, 0.4) is 0 Å². The second-order valence-corrected chi connectivity index (χ2v) is 21.0. The van der Waals surface area contributed by atoms with Crippen LogP contribution >= 0.6 is 0 Å². The zero-order chi connectivity index (χ0) is 52.1. The lowest BCUT2D eigenvalue weighted by molar-refractivity contribution is -0.312. The zero-order valence-electron chi connectivity index (χ0n) is 44.0. The molecule has 20 atom stereocenters. The number of aromatic carboxylic acids is 1. The molecular weight excluding hydrogens is 927 g/mol. The van der Waals surface area contributed by atoms with Crippen molar-refractivity contribution >= 4 is 11.9 Å². The van der Waals surface area contributed by atoms with Gasteiger partial charge in [0.05, 0.1) is 60.9 Å². The summed E-state index contributed by atoms with van der Waals surface area (Å²) in [6, 6.07) is 8.34. The molecule has 1 spiro atoms. The van der Waals surface area contributed by atoms with Gasteiger partial charge in [-0.1, -0.05) is 88.8 Å². The number of allylic oxidation sites excluding steroid dienone is 2. The molecule has 7 aliphatic rings. The smallest absolute Gasteiger partial charge is 0.335 e. The summed E-state index contributed by atoms with van der Waals surface area (Å²) in [6.45, 7) is 16.4.